The lowest BCUT2D eigenvalue weighted by Crippen LogP contribution is -2.42. The van der Waals surface area contributed by atoms with Gasteiger partial charge in [0.1, 0.15) is 5.82 Å². The van der Waals surface area contributed by atoms with E-state index < -0.39 is 0 Å². The number of benzene rings is 1. The molecule has 1 aliphatic heterocycles. The Hall–Kier alpha value is -1.42. The van der Waals surface area contributed by atoms with E-state index in [1.54, 1.807) is 0 Å². The summed E-state index contributed by atoms with van der Waals surface area (Å²) in [6, 6.07) is 6.77. The molecule has 110 valence electrons. The number of carbonyl (C=O) groups excluding carboxylic acids is 1. The molecular formula is C16H22FNO2. The Bertz CT molecular complexity index is 438. The van der Waals surface area contributed by atoms with Crippen molar-refractivity contribution in [2.45, 2.75) is 39.3 Å². The summed E-state index contributed by atoms with van der Waals surface area (Å²) in [5.74, 6) is 0.214. The minimum absolute atomic E-state index is 0.140. The van der Waals surface area contributed by atoms with Crippen molar-refractivity contribution in [3.05, 3.63) is 35.6 Å². The SMILES string of the molecule is CC(=O)OC(C)N1CCC(Cc2ccc(F)cc2)CC1. The van der Waals surface area contributed by atoms with E-state index in [1.165, 1.54) is 24.6 Å². The number of hydrogen-bond donors (Lipinski definition) is 0. The van der Waals surface area contributed by atoms with E-state index in [0.29, 0.717) is 5.92 Å². The smallest absolute Gasteiger partial charge is 0.304 e. The van der Waals surface area contributed by atoms with Crippen molar-refractivity contribution < 1.29 is 13.9 Å². The van der Waals surface area contributed by atoms with Crippen molar-refractivity contribution in [1.29, 1.82) is 0 Å². The minimum atomic E-state index is -0.231. The highest BCUT2D eigenvalue weighted by molar-refractivity contribution is 5.66. The van der Waals surface area contributed by atoms with Gasteiger partial charge in [-0.3, -0.25) is 9.69 Å². The number of likely N-dealkylation sites (tertiary alicyclic amines) is 1. The summed E-state index contributed by atoms with van der Waals surface area (Å²) in [5.41, 5.74) is 1.19. The van der Waals surface area contributed by atoms with Crippen LogP contribution in [0, 0.1) is 11.7 Å². The fraction of sp³-hybridized carbons (Fsp3) is 0.562. The van der Waals surface area contributed by atoms with Gasteiger partial charge in [0, 0.05) is 20.0 Å². The van der Waals surface area contributed by atoms with Crippen molar-refractivity contribution in [2.24, 2.45) is 5.92 Å². The van der Waals surface area contributed by atoms with Crippen LogP contribution in [0.3, 0.4) is 0 Å². The molecular weight excluding hydrogens is 257 g/mol. The first-order valence-corrected chi connectivity index (χ1v) is 7.20. The highest BCUT2D eigenvalue weighted by Gasteiger charge is 2.24. The van der Waals surface area contributed by atoms with Crippen molar-refractivity contribution in [2.75, 3.05) is 13.1 Å². The molecule has 1 aromatic rings. The topological polar surface area (TPSA) is 29.5 Å². The van der Waals surface area contributed by atoms with Gasteiger partial charge in [-0.15, -0.1) is 0 Å². The van der Waals surface area contributed by atoms with Gasteiger partial charge in [0.25, 0.3) is 0 Å². The summed E-state index contributed by atoms with van der Waals surface area (Å²) in [6.45, 7) is 5.25. The molecule has 1 fully saturated rings. The number of esters is 1. The third-order valence-corrected chi connectivity index (χ3v) is 3.94. The van der Waals surface area contributed by atoms with E-state index in [1.807, 2.05) is 19.1 Å². The van der Waals surface area contributed by atoms with E-state index in [2.05, 4.69) is 4.90 Å². The summed E-state index contributed by atoms with van der Waals surface area (Å²) in [6.07, 6.45) is 3.03. The molecule has 2 rings (SSSR count). The van der Waals surface area contributed by atoms with Gasteiger partial charge >= 0.3 is 5.97 Å². The van der Waals surface area contributed by atoms with Crippen LogP contribution in [0.25, 0.3) is 0 Å². The molecule has 0 aliphatic carbocycles. The maximum Gasteiger partial charge on any atom is 0.304 e. The molecule has 1 saturated heterocycles. The van der Waals surface area contributed by atoms with Crippen molar-refractivity contribution in [3.8, 4) is 0 Å². The van der Waals surface area contributed by atoms with E-state index in [0.717, 1.165) is 32.4 Å². The molecule has 20 heavy (non-hydrogen) atoms. The number of hydrogen-bond acceptors (Lipinski definition) is 3. The number of rotatable bonds is 4. The Labute approximate surface area is 119 Å². The first-order chi connectivity index (χ1) is 9.54. The lowest BCUT2D eigenvalue weighted by atomic mass is 9.90. The molecule has 0 aromatic heterocycles. The number of halogens is 1. The number of piperidine rings is 1. The first-order valence-electron chi connectivity index (χ1n) is 7.20. The second-order valence-corrected chi connectivity index (χ2v) is 5.52. The van der Waals surface area contributed by atoms with E-state index >= 15 is 0 Å². The summed E-state index contributed by atoms with van der Waals surface area (Å²) in [4.78, 5) is 13.1. The van der Waals surface area contributed by atoms with Gasteiger partial charge < -0.3 is 4.74 Å². The number of carbonyl (C=O) groups is 1. The average molecular weight is 279 g/mol. The van der Waals surface area contributed by atoms with Crippen molar-refractivity contribution >= 4 is 5.97 Å². The van der Waals surface area contributed by atoms with Crippen LogP contribution in [0.2, 0.25) is 0 Å². The Morgan fingerprint density at radius 1 is 1.35 bits per heavy atom. The van der Waals surface area contributed by atoms with Gasteiger partial charge in [-0.2, -0.15) is 0 Å². The molecule has 0 amide bonds. The molecule has 4 heteroatoms. The molecule has 1 unspecified atom stereocenters. The van der Waals surface area contributed by atoms with Crippen molar-refractivity contribution in [1.82, 2.24) is 4.90 Å². The fourth-order valence-electron chi connectivity index (χ4n) is 2.79. The van der Waals surface area contributed by atoms with Crippen LogP contribution in [0.1, 0.15) is 32.3 Å². The summed E-state index contributed by atoms with van der Waals surface area (Å²) < 4.78 is 18.1. The van der Waals surface area contributed by atoms with E-state index in [4.69, 9.17) is 4.74 Å². The average Bonchev–Trinajstić information content (AvgIpc) is 2.41. The van der Waals surface area contributed by atoms with Gasteiger partial charge in [-0.25, -0.2) is 4.39 Å². The molecule has 0 radical (unpaired) electrons. The Morgan fingerprint density at radius 3 is 2.50 bits per heavy atom. The maximum absolute atomic E-state index is 12.9. The summed E-state index contributed by atoms with van der Waals surface area (Å²) in [7, 11) is 0. The van der Waals surface area contributed by atoms with E-state index in [9.17, 15) is 9.18 Å². The molecule has 3 nitrogen and oxygen atoms in total. The Morgan fingerprint density at radius 2 is 1.95 bits per heavy atom. The van der Waals surface area contributed by atoms with Gasteiger partial charge in [0.15, 0.2) is 6.23 Å². The summed E-state index contributed by atoms with van der Waals surface area (Å²) >= 11 is 0. The highest BCUT2D eigenvalue weighted by Crippen LogP contribution is 2.23. The quantitative estimate of drug-likeness (QED) is 0.794. The van der Waals surface area contributed by atoms with Gasteiger partial charge in [0.2, 0.25) is 0 Å². The maximum atomic E-state index is 12.9. The van der Waals surface area contributed by atoms with Crippen LogP contribution < -0.4 is 0 Å². The second-order valence-electron chi connectivity index (χ2n) is 5.52. The van der Waals surface area contributed by atoms with Crippen LogP contribution in [0.5, 0.6) is 0 Å². The zero-order valence-electron chi connectivity index (χ0n) is 12.1. The van der Waals surface area contributed by atoms with Gasteiger partial charge in [-0.1, -0.05) is 12.1 Å². The summed E-state index contributed by atoms with van der Waals surface area (Å²) in [5, 5.41) is 0. The third kappa shape index (κ3) is 4.30. The number of nitrogens with zero attached hydrogens (tertiary/aromatic N) is 1. The minimum Gasteiger partial charge on any atom is -0.447 e. The third-order valence-electron chi connectivity index (χ3n) is 3.94. The first kappa shape index (κ1) is 15.0. The van der Waals surface area contributed by atoms with Crippen LogP contribution in [0.4, 0.5) is 4.39 Å². The van der Waals surface area contributed by atoms with Crippen LogP contribution in [-0.4, -0.2) is 30.2 Å². The van der Waals surface area contributed by atoms with Gasteiger partial charge in [-0.05, 0) is 49.8 Å². The largest absolute Gasteiger partial charge is 0.447 e. The number of ether oxygens (including phenoxy) is 1. The lowest BCUT2D eigenvalue weighted by Gasteiger charge is -2.35. The molecule has 1 atom stereocenters. The van der Waals surface area contributed by atoms with E-state index in [-0.39, 0.29) is 18.0 Å². The standard InChI is InChI=1S/C16H22FNO2/c1-12(20-13(2)19)18-9-7-15(8-10-18)11-14-3-5-16(17)6-4-14/h3-6,12,15H,7-11H2,1-2H3. The molecule has 0 spiro atoms. The molecule has 0 N–H and O–H groups in total. The molecule has 1 aromatic carbocycles. The second kappa shape index (κ2) is 6.84. The fourth-order valence-corrected chi connectivity index (χ4v) is 2.79. The molecule has 0 bridgehead atoms. The van der Waals surface area contributed by atoms with Crippen LogP contribution in [0.15, 0.2) is 24.3 Å². The highest BCUT2D eigenvalue weighted by atomic mass is 19.1. The van der Waals surface area contributed by atoms with Crippen LogP contribution >= 0.6 is 0 Å². The zero-order valence-corrected chi connectivity index (χ0v) is 12.1. The van der Waals surface area contributed by atoms with Gasteiger partial charge in [0.05, 0.1) is 0 Å². The predicted molar refractivity (Wildman–Crippen MR) is 75.6 cm³/mol. The predicted octanol–water partition coefficient (Wildman–Crippen LogP) is 2.99. The zero-order chi connectivity index (χ0) is 14.5. The molecule has 1 aliphatic rings. The Kier molecular flexibility index (Phi) is 5.12. The monoisotopic (exact) mass is 279 g/mol. The van der Waals surface area contributed by atoms with Crippen molar-refractivity contribution in [3.63, 3.8) is 0 Å². The Balaban J connectivity index is 1.79. The molecule has 0 saturated carbocycles. The van der Waals surface area contributed by atoms with Crippen LogP contribution in [-0.2, 0) is 16.0 Å². The molecule has 1 heterocycles. The lowest BCUT2D eigenvalue weighted by molar-refractivity contribution is -0.156. The normalized spacial score (nSPS) is 18.8.